The van der Waals surface area contributed by atoms with Gasteiger partial charge in [0.25, 0.3) is 0 Å². The summed E-state index contributed by atoms with van der Waals surface area (Å²) in [6.45, 7) is 3.79. The van der Waals surface area contributed by atoms with Crippen LogP contribution in [0.4, 0.5) is 5.69 Å². The van der Waals surface area contributed by atoms with E-state index in [9.17, 15) is 4.79 Å². The lowest BCUT2D eigenvalue weighted by molar-refractivity contribution is 0.0522. The van der Waals surface area contributed by atoms with E-state index in [1.54, 1.807) is 32.2 Å². The first-order valence-electron chi connectivity index (χ1n) is 6.14. The number of anilines is 1. The fourth-order valence-electron chi connectivity index (χ4n) is 1.59. The van der Waals surface area contributed by atoms with E-state index in [0.717, 1.165) is 0 Å². The smallest absolute Gasteiger partial charge is 0.343 e. The Kier molecular flexibility index (Phi) is 4.14. The number of hydrogen-bond donors (Lipinski definition) is 1. The van der Waals surface area contributed by atoms with Crippen LogP contribution in [0.5, 0.6) is 11.6 Å². The van der Waals surface area contributed by atoms with E-state index in [1.165, 1.54) is 12.3 Å². The molecule has 6 heteroatoms. The molecule has 2 aromatic rings. The number of esters is 1. The number of hydrogen-bond acceptors (Lipinski definition) is 6. The van der Waals surface area contributed by atoms with Gasteiger partial charge in [0.05, 0.1) is 24.2 Å². The zero-order chi connectivity index (χ0) is 14.5. The van der Waals surface area contributed by atoms with Gasteiger partial charge in [-0.2, -0.15) is 0 Å². The van der Waals surface area contributed by atoms with E-state index in [0.29, 0.717) is 17.1 Å². The maximum absolute atomic E-state index is 11.9. The van der Waals surface area contributed by atoms with Crippen molar-refractivity contribution in [2.75, 3.05) is 12.3 Å². The number of aryl methyl sites for hydroxylation is 1. The van der Waals surface area contributed by atoms with Crippen molar-refractivity contribution in [3.8, 4) is 11.6 Å². The molecule has 2 rings (SSSR count). The molecular weight excluding hydrogens is 258 g/mol. The average Bonchev–Trinajstić information content (AvgIpc) is 2.43. The van der Waals surface area contributed by atoms with Crippen molar-refractivity contribution in [2.24, 2.45) is 0 Å². The molecule has 0 radical (unpaired) electrons. The molecule has 0 aromatic carbocycles. The van der Waals surface area contributed by atoms with Gasteiger partial charge < -0.3 is 15.2 Å². The summed E-state index contributed by atoms with van der Waals surface area (Å²) < 4.78 is 10.6. The molecule has 2 N–H and O–H groups in total. The van der Waals surface area contributed by atoms with Gasteiger partial charge in [-0.1, -0.05) is 0 Å². The van der Waals surface area contributed by atoms with E-state index in [2.05, 4.69) is 9.97 Å². The molecule has 0 spiro atoms. The van der Waals surface area contributed by atoms with Gasteiger partial charge in [-0.05, 0) is 32.0 Å². The first-order chi connectivity index (χ1) is 9.61. The summed E-state index contributed by atoms with van der Waals surface area (Å²) in [6, 6.07) is 4.96. The Labute approximate surface area is 116 Å². The minimum absolute atomic E-state index is 0.147. The molecule has 0 unspecified atom stereocenters. The standard InChI is InChI=1S/C14H15N3O3/c1-3-19-14(18)11-7-10(15)8-17-13(11)20-12-5-4-6-16-9(12)2/h4-8H,3,15H2,1-2H3. The topological polar surface area (TPSA) is 87.3 Å². The molecule has 0 aliphatic heterocycles. The van der Waals surface area contributed by atoms with Gasteiger partial charge in [0.15, 0.2) is 5.75 Å². The summed E-state index contributed by atoms with van der Waals surface area (Å²) in [5.74, 6) is 0.146. The highest BCUT2D eigenvalue weighted by Gasteiger charge is 2.17. The zero-order valence-corrected chi connectivity index (χ0v) is 11.3. The lowest BCUT2D eigenvalue weighted by Crippen LogP contribution is -2.08. The van der Waals surface area contributed by atoms with Crippen molar-refractivity contribution >= 4 is 11.7 Å². The Morgan fingerprint density at radius 3 is 2.90 bits per heavy atom. The number of aromatic nitrogens is 2. The number of ether oxygens (including phenoxy) is 2. The number of nitrogen functional groups attached to an aromatic ring is 1. The Hall–Kier alpha value is -2.63. The third kappa shape index (κ3) is 3.03. The number of pyridine rings is 2. The van der Waals surface area contributed by atoms with Crippen LogP contribution in [0.25, 0.3) is 0 Å². The van der Waals surface area contributed by atoms with E-state index >= 15 is 0 Å². The van der Waals surface area contributed by atoms with E-state index in [4.69, 9.17) is 15.2 Å². The Bertz CT molecular complexity index is 629. The molecule has 0 aliphatic rings. The van der Waals surface area contributed by atoms with Gasteiger partial charge >= 0.3 is 5.97 Å². The Morgan fingerprint density at radius 1 is 1.40 bits per heavy atom. The largest absolute Gasteiger partial charge is 0.462 e. The van der Waals surface area contributed by atoms with Gasteiger partial charge in [-0.25, -0.2) is 9.78 Å². The van der Waals surface area contributed by atoms with Crippen LogP contribution in [0.2, 0.25) is 0 Å². The molecule has 20 heavy (non-hydrogen) atoms. The third-order valence-corrected chi connectivity index (χ3v) is 2.53. The van der Waals surface area contributed by atoms with Crippen molar-refractivity contribution in [1.82, 2.24) is 9.97 Å². The molecule has 2 heterocycles. The number of rotatable bonds is 4. The number of nitrogens with zero attached hydrogens (tertiary/aromatic N) is 2. The van der Waals surface area contributed by atoms with Crippen LogP contribution >= 0.6 is 0 Å². The monoisotopic (exact) mass is 273 g/mol. The molecule has 0 fully saturated rings. The predicted molar refractivity (Wildman–Crippen MR) is 73.7 cm³/mol. The van der Waals surface area contributed by atoms with Gasteiger partial charge in [0.1, 0.15) is 5.56 Å². The summed E-state index contributed by atoms with van der Waals surface area (Å²) in [7, 11) is 0. The quantitative estimate of drug-likeness (QED) is 0.860. The van der Waals surface area contributed by atoms with Crippen LogP contribution in [0.1, 0.15) is 23.0 Å². The normalized spacial score (nSPS) is 10.1. The second-order valence-electron chi connectivity index (χ2n) is 4.03. The molecule has 0 saturated carbocycles. The van der Waals surface area contributed by atoms with Crippen LogP contribution in [0.15, 0.2) is 30.6 Å². The van der Waals surface area contributed by atoms with Crippen molar-refractivity contribution in [1.29, 1.82) is 0 Å². The SMILES string of the molecule is CCOC(=O)c1cc(N)cnc1Oc1cccnc1C. The molecule has 0 amide bonds. The molecule has 0 aliphatic carbocycles. The Balaban J connectivity index is 2.36. The first-order valence-corrected chi connectivity index (χ1v) is 6.14. The highest BCUT2D eigenvalue weighted by molar-refractivity contribution is 5.92. The summed E-state index contributed by atoms with van der Waals surface area (Å²) >= 11 is 0. The first kappa shape index (κ1) is 13.8. The van der Waals surface area contributed by atoms with E-state index in [1.807, 2.05) is 0 Å². The third-order valence-electron chi connectivity index (χ3n) is 2.53. The lowest BCUT2D eigenvalue weighted by Gasteiger charge is -2.11. The van der Waals surface area contributed by atoms with Crippen LogP contribution in [-0.2, 0) is 4.74 Å². The second-order valence-corrected chi connectivity index (χ2v) is 4.03. The van der Waals surface area contributed by atoms with Crippen LogP contribution in [-0.4, -0.2) is 22.5 Å². The maximum Gasteiger partial charge on any atom is 0.343 e. The number of nitrogens with two attached hydrogens (primary N) is 1. The predicted octanol–water partition coefficient (Wildman–Crippen LogP) is 2.34. The molecule has 0 atom stereocenters. The highest BCUT2D eigenvalue weighted by atomic mass is 16.5. The van der Waals surface area contributed by atoms with Gasteiger partial charge in [-0.3, -0.25) is 4.98 Å². The van der Waals surface area contributed by atoms with Crippen molar-refractivity contribution in [3.63, 3.8) is 0 Å². The summed E-state index contributed by atoms with van der Waals surface area (Å²) in [4.78, 5) is 20.0. The van der Waals surface area contributed by atoms with Crippen molar-refractivity contribution in [2.45, 2.75) is 13.8 Å². The van der Waals surface area contributed by atoms with Gasteiger partial charge in [0.2, 0.25) is 5.88 Å². The molecule has 0 saturated heterocycles. The van der Waals surface area contributed by atoms with Crippen molar-refractivity contribution in [3.05, 3.63) is 41.9 Å². The molecule has 0 bridgehead atoms. The summed E-state index contributed by atoms with van der Waals surface area (Å²) in [5, 5.41) is 0. The Morgan fingerprint density at radius 2 is 2.20 bits per heavy atom. The van der Waals surface area contributed by atoms with Crippen molar-refractivity contribution < 1.29 is 14.3 Å². The average molecular weight is 273 g/mol. The number of carbonyl (C=O) groups is 1. The fourth-order valence-corrected chi connectivity index (χ4v) is 1.59. The number of carbonyl (C=O) groups excluding carboxylic acids is 1. The zero-order valence-electron chi connectivity index (χ0n) is 11.3. The minimum atomic E-state index is -0.524. The van der Waals surface area contributed by atoms with E-state index < -0.39 is 5.97 Å². The summed E-state index contributed by atoms with van der Waals surface area (Å²) in [5.41, 5.74) is 6.90. The van der Waals surface area contributed by atoms with Crippen LogP contribution in [0, 0.1) is 6.92 Å². The minimum Gasteiger partial charge on any atom is -0.462 e. The molecule has 6 nitrogen and oxygen atoms in total. The highest BCUT2D eigenvalue weighted by Crippen LogP contribution is 2.26. The van der Waals surface area contributed by atoms with Crippen LogP contribution < -0.4 is 10.5 Å². The lowest BCUT2D eigenvalue weighted by atomic mass is 10.2. The van der Waals surface area contributed by atoms with Crippen LogP contribution in [0.3, 0.4) is 0 Å². The fraction of sp³-hybridized carbons (Fsp3) is 0.214. The second kappa shape index (κ2) is 6.01. The van der Waals surface area contributed by atoms with E-state index in [-0.39, 0.29) is 18.1 Å². The molecule has 104 valence electrons. The molecular formula is C14H15N3O3. The summed E-state index contributed by atoms with van der Waals surface area (Å²) in [6.07, 6.45) is 3.08. The molecule has 2 aromatic heterocycles. The van der Waals surface area contributed by atoms with Gasteiger partial charge in [-0.15, -0.1) is 0 Å². The van der Waals surface area contributed by atoms with Gasteiger partial charge in [0, 0.05) is 6.20 Å². The maximum atomic E-state index is 11.9.